The molecule has 4 aromatic rings. The highest BCUT2D eigenvalue weighted by Crippen LogP contribution is 2.58. The van der Waals surface area contributed by atoms with Crippen LogP contribution < -0.4 is 5.32 Å². The highest BCUT2D eigenvalue weighted by atomic mass is 32.7. The number of hydrogen-bond donors (Lipinski definition) is 3. The van der Waals surface area contributed by atoms with Crippen molar-refractivity contribution in [2.75, 3.05) is 25.1 Å². The van der Waals surface area contributed by atoms with Gasteiger partial charge in [-0.05, 0) is 24.6 Å². The van der Waals surface area contributed by atoms with Crippen LogP contribution in [0.5, 0.6) is 0 Å². The van der Waals surface area contributed by atoms with Gasteiger partial charge in [-0.25, -0.2) is 43.2 Å². The smallest absolute Gasteiger partial charge is 0.365 e. The van der Waals surface area contributed by atoms with Crippen molar-refractivity contribution in [3.8, 4) is 0 Å². The molecular formula is C25H31F2N9O8P2S4. The molecule has 0 saturated carbocycles. The third kappa shape index (κ3) is 7.10. The number of alkyl halides is 2. The van der Waals surface area contributed by atoms with Gasteiger partial charge in [-0.1, -0.05) is 24.4 Å². The van der Waals surface area contributed by atoms with Gasteiger partial charge in [0.05, 0.1) is 31.6 Å². The summed E-state index contributed by atoms with van der Waals surface area (Å²) in [5.74, 6) is 0.398. The van der Waals surface area contributed by atoms with Gasteiger partial charge in [0, 0.05) is 6.54 Å². The fraction of sp³-hybridized carbons (Fsp3) is 0.520. The molecule has 9 heterocycles. The van der Waals surface area contributed by atoms with Gasteiger partial charge >= 0.3 is 13.5 Å². The summed E-state index contributed by atoms with van der Waals surface area (Å²) >= 11 is 9.29. The molecule has 0 amide bonds. The molecule has 50 heavy (non-hydrogen) atoms. The standard InChI is InChI=1S/C25H27F2N9O8P2S2.2H2S/c26-15-19-13-6-39-46(38,48)44-20-14(7-40-45(37,47)43-19)42-25(16(20)27)36-11-34-18-21(30-9-32-23(18)36)28-5-3-1-2-4-12-17-22(31-8-29-12)35(10-33-17)24(15)41-13;;/h1,3,8-11,13-16,19-20,24-25H,2,4-7H2,(H,37,47)(H,38,48)(H,28,30,32);2*1H2/b3-1+;;/t13-,14-,15-,16-,19-,20-,24-,25?,45?,46?;;/m1../s1. The van der Waals surface area contributed by atoms with E-state index in [0.717, 1.165) is 0 Å². The number of ether oxygens (including phenoxy) is 2. The second kappa shape index (κ2) is 14.9. The summed E-state index contributed by atoms with van der Waals surface area (Å²) in [4.78, 5) is 37.1. The number of nitrogens with one attached hydrogen (secondary N) is 1. The zero-order valence-electron chi connectivity index (χ0n) is 25.5. The summed E-state index contributed by atoms with van der Waals surface area (Å²) < 4.78 is 82.9. The minimum absolute atomic E-state index is 0. The van der Waals surface area contributed by atoms with E-state index in [4.69, 9.17) is 39.4 Å². The highest BCUT2D eigenvalue weighted by Gasteiger charge is 2.54. The van der Waals surface area contributed by atoms with Crippen LogP contribution in [0.1, 0.15) is 24.6 Å². The van der Waals surface area contributed by atoms with Gasteiger partial charge in [0.1, 0.15) is 42.6 Å². The summed E-state index contributed by atoms with van der Waals surface area (Å²) in [6, 6.07) is 0. The molecule has 0 spiro atoms. The van der Waals surface area contributed by atoms with Crippen LogP contribution in [0, 0.1) is 0 Å². The second-order valence-electron chi connectivity index (χ2n) is 11.3. The number of imidazole rings is 2. The normalized spacial score (nSPS) is 36.6. The number of aryl methyl sites for hydroxylation is 1. The first-order valence-electron chi connectivity index (χ1n) is 14.7. The number of rotatable bonds is 0. The molecule has 2 N–H and O–H groups in total. The maximum absolute atomic E-state index is 16.2. The summed E-state index contributed by atoms with van der Waals surface area (Å²) in [6.45, 7) is -9.41. The van der Waals surface area contributed by atoms with Crippen LogP contribution in [0.2, 0.25) is 0 Å². The molecule has 10 atom stereocenters. The van der Waals surface area contributed by atoms with Gasteiger partial charge in [0.25, 0.3) is 0 Å². The number of hydrogen-bond acceptors (Lipinski definition) is 15. The van der Waals surface area contributed by atoms with Gasteiger partial charge in [0.2, 0.25) is 0 Å². The molecule has 0 aliphatic carbocycles. The Morgan fingerprint density at radius 1 is 0.860 bits per heavy atom. The average Bonchev–Trinajstić information content (AvgIpc) is 3.81. The molecule has 0 aromatic carbocycles. The molecule has 3 unspecified atom stereocenters. The molecule has 14 bridgehead atoms. The Bertz CT molecular complexity index is 1860. The van der Waals surface area contributed by atoms with Crippen LogP contribution >= 0.6 is 52.8 Å². The van der Waals surface area contributed by atoms with E-state index in [1.807, 2.05) is 12.2 Å². The lowest BCUT2D eigenvalue weighted by atomic mass is 10.1. The van der Waals surface area contributed by atoms with Gasteiger partial charge in [-0.15, -0.1) is 0 Å². The maximum Gasteiger partial charge on any atom is 0.386 e. The lowest BCUT2D eigenvalue weighted by Crippen LogP contribution is -2.37. The van der Waals surface area contributed by atoms with Gasteiger partial charge in [-0.2, -0.15) is 27.0 Å². The third-order valence-corrected chi connectivity index (χ3v) is 11.5. The van der Waals surface area contributed by atoms with Crippen LogP contribution in [0.4, 0.5) is 14.6 Å². The van der Waals surface area contributed by atoms with Crippen molar-refractivity contribution < 1.29 is 45.8 Å². The molecule has 4 aromatic heterocycles. The number of anilines is 1. The fourth-order valence-corrected chi connectivity index (χ4v) is 8.99. The number of fused-ring (bicyclic) bond motifs is 10. The van der Waals surface area contributed by atoms with Crippen molar-refractivity contribution in [3.05, 3.63) is 43.2 Å². The molecule has 5 aliphatic rings. The minimum atomic E-state index is -4.37. The largest absolute Gasteiger partial charge is 0.386 e. The number of nitrogens with zero attached hydrogens (tertiary/aromatic N) is 8. The number of halogens is 2. The zero-order chi connectivity index (χ0) is 33.2. The van der Waals surface area contributed by atoms with E-state index in [1.165, 1.54) is 34.4 Å². The van der Waals surface area contributed by atoms with E-state index in [9.17, 15) is 9.46 Å². The quantitative estimate of drug-likeness (QED) is 0.133. The molecule has 17 nitrogen and oxygen atoms in total. The van der Waals surface area contributed by atoms with Crippen LogP contribution in [-0.4, -0.2) is 100 Å². The van der Waals surface area contributed by atoms with Crippen LogP contribution in [0.25, 0.3) is 22.3 Å². The molecule has 3 fully saturated rings. The second-order valence-corrected chi connectivity index (χ2v) is 16.9. The molecule has 3 saturated heterocycles. The lowest BCUT2D eigenvalue weighted by molar-refractivity contribution is -0.0564. The van der Waals surface area contributed by atoms with Crippen LogP contribution in [0.15, 0.2) is 37.5 Å². The zero-order valence-corrected chi connectivity index (χ0v) is 31.0. The van der Waals surface area contributed by atoms with Crippen molar-refractivity contribution in [1.29, 1.82) is 0 Å². The fourth-order valence-electron chi connectivity index (χ4n) is 6.07. The average molecular weight is 814 g/mol. The molecule has 5 aliphatic heterocycles. The first kappa shape index (κ1) is 37.9. The van der Waals surface area contributed by atoms with Crippen LogP contribution in [0.3, 0.4) is 0 Å². The van der Waals surface area contributed by atoms with E-state index in [0.29, 0.717) is 41.9 Å². The molecule has 25 heteroatoms. The minimum Gasteiger partial charge on any atom is -0.365 e. The van der Waals surface area contributed by atoms with E-state index in [-0.39, 0.29) is 38.3 Å². The topological polar surface area (TPSA) is 192 Å². The van der Waals surface area contributed by atoms with Crippen molar-refractivity contribution in [1.82, 2.24) is 39.0 Å². The Labute approximate surface area is 306 Å². The monoisotopic (exact) mass is 813 g/mol. The lowest BCUT2D eigenvalue weighted by Gasteiger charge is -2.29. The number of thiol groups is 1. The Balaban J connectivity index is 0.00000216. The van der Waals surface area contributed by atoms with Crippen molar-refractivity contribution >= 4 is 92.7 Å². The summed E-state index contributed by atoms with van der Waals surface area (Å²) in [6.07, 6.45) is -2.22. The van der Waals surface area contributed by atoms with E-state index in [2.05, 4.69) is 47.5 Å². The SMILES string of the molecule is O=P1(S)OC[C@H]2OC3[C@H](F)[C@@H]2OP(O)(=S)OC[C@H]2O[C@H]([C@H](F)[C@@H]2O1)n1cnc2c(ncnc21)CC/C=C/CNc1ncnc2c1ncn23.S.S. The predicted octanol–water partition coefficient (Wildman–Crippen LogP) is 3.35. The molecular weight excluding hydrogens is 783 g/mol. The Morgan fingerprint density at radius 3 is 2.16 bits per heavy atom. The van der Waals surface area contributed by atoms with E-state index >= 15 is 8.78 Å². The highest BCUT2D eigenvalue weighted by molar-refractivity contribution is 8.44. The van der Waals surface area contributed by atoms with Crippen molar-refractivity contribution in [2.45, 2.75) is 62.1 Å². The summed E-state index contributed by atoms with van der Waals surface area (Å²) in [5.41, 5.74) is 1.92. The summed E-state index contributed by atoms with van der Waals surface area (Å²) in [7, 11) is 0. The predicted molar refractivity (Wildman–Crippen MR) is 190 cm³/mol. The number of aromatic nitrogens is 8. The Kier molecular flexibility index (Phi) is 11.3. The Hall–Kier alpha value is -1.85. The van der Waals surface area contributed by atoms with Crippen molar-refractivity contribution in [2.24, 2.45) is 0 Å². The van der Waals surface area contributed by atoms with Crippen molar-refractivity contribution in [3.63, 3.8) is 0 Å². The Morgan fingerprint density at radius 2 is 1.46 bits per heavy atom. The van der Waals surface area contributed by atoms with Crippen LogP contribution in [-0.2, 0) is 50.4 Å². The first-order valence-corrected chi connectivity index (χ1v) is 20.0. The first-order chi connectivity index (χ1) is 23.1. The summed E-state index contributed by atoms with van der Waals surface area (Å²) in [5, 5.41) is 3.18. The third-order valence-electron chi connectivity index (χ3n) is 8.29. The van der Waals surface area contributed by atoms with Gasteiger partial charge < -0.3 is 24.2 Å². The molecule has 272 valence electrons. The van der Waals surface area contributed by atoms with E-state index < -0.39 is 75.9 Å². The number of allylic oxidation sites excluding steroid dienone is 1. The molecule has 0 radical (unpaired) electrons. The van der Waals surface area contributed by atoms with Gasteiger partial charge in [-0.3, -0.25) is 22.7 Å². The molecule has 9 rings (SSSR count). The maximum atomic E-state index is 16.2. The van der Waals surface area contributed by atoms with E-state index in [1.54, 1.807) is 0 Å². The van der Waals surface area contributed by atoms with Gasteiger partial charge in [0.15, 0.2) is 47.4 Å².